The van der Waals surface area contributed by atoms with Gasteiger partial charge in [-0.2, -0.15) is 0 Å². The summed E-state index contributed by atoms with van der Waals surface area (Å²) >= 11 is 0. The molecule has 4 heteroatoms. The monoisotopic (exact) mass is 296 g/mol. The predicted octanol–water partition coefficient (Wildman–Crippen LogP) is 1.72. The third kappa shape index (κ3) is 3.61. The Hall–Kier alpha value is -0.160. The van der Waals surface area contributed by atoms with Gasteiger partial charge in [-0.25, -0.2) is 0 Å². The van der Waals surface area contributed by atoms with Crippen LogP contribution in [0, 0.1) is 5.92 Å². The van der Waals surface area contributed by atoms with E-state index in [4.69, 9.17) is 4.74 Å². The minimum atomic E-state index is -0.0602. The highest BCUT2D eigenvalue weighted by molar-refractivity contribution is 4.93. The molecule has 122 valence electrons. The summed E-state index contributed by atoms with van der Waals surface area (Å²) in [5, 5.41) is 10.2. The summed E-state index contributed by atoms with van der Waals surface area (Å²) in [6.45, 7) is 9.79. The van der Waals surface area contributed by atoms with Crippen molar-refractivity contribution in [2.45, 2.75) is 70.2 Å². The highest BCUT2D eigenvalue weighted by Crippen LogP contribution is 2.36. The third-order valence-electron chi connectivity index (χ3n) is 5.78. The molecule has 4 unspecified atom stereocenters. The van der Waals surface area contributed by atoms with Crippen molar-refractivity contribution in [3.8, 4) is 0 Å². The predicted molar refractivity (Wildman–Crippen MR) is 84.4 cm³/mol. The molecular weight excluding hydrogens is 264 g/mol. The van der Waals surface area contributed by atoms with E-state index in [1.165, 1.54) is 32.2 Å². The van der Waals surface area contributed by atoms with Crippen LogP contribution in [0.15, 0.2) is 0 Å². The number of ether oxygens (including phenoxy) is 1. The Balaban J connectivity index is 1.56. The number of hydrogen-bond acceptors (Lipinski definition) is 4. The van der Waals surface area contributed by atoms with Gasteiger partial charge in [0.05, 0.1) is 18.8 Å². The van der Waals surface area contributed by atoms with Gasteiger partial charge in [-0.3, -0.25) is 9.80 Å². The summed E-state index contributed by atoms with van der Waals surface area (Å²) in [6, 6.07) is 1.21. The van der Waals surface area contributed by atoms with E-state index in [0.29, 0.717) is 24.1 Å². The normalized spacial score (nSPS) is 39.4. The molecule has 0 amide bonds. The van der Waals surface area contributed by atoms with E-state index in [1.807, 2.05) is 0 Å². The highest BCUT2D eigenvalue weighted by atomic mass is 16.5. The molecule has 2 aliphatic heterocycles. The Bertz CT molecular complexity index is 337. The van der Waals surface area contributed by atoms with Gasteiger partial charge in [-0.05, 0) is 46.1 Å². The van der Waals surface area contributed by atoms with Crippen molar-refractivity contribution in [2.24, 2.45) is 5.92 Å². The van der Waals surface area contributed by atoms with Crippen LogP contribution in [0.4, 0.5) is 0 Å². The minimum Gasteiger partial charge on any atom is -0.393 e. The van der Waals surface area contributed by atoms with Gasteiger partial charge in [0.15, 0.2) is 0 Å². The van der Waals surface area contributed by atoms with Crippen LogP contribution in [-0.2, 0) is 4.74 Å². The highest BCUT2D eigenvalue weighted by Gasteiger charge is 2.39. The van der Waals surface area contributed by atoms with Crippen LogP contribution in [0.5, 0.6) is 0 Å². The molecule has 2 saturated heterocycles. The fraction of sp³-hybridized carbons (Fsp3) is 1.00. The Morgan fingerprint density at radius 3 is 2.71 bits per heavy atom. The SMILES string of the molecule is CC(C)N1CCOC(CN2CCCC2C2CCCC2O)C1. The van der Waals surface area contributed by atoms with Crippen LogP contribution in [0.25, 0.3) is 0 Å². The lowest BCUT2D eigenvalue weighted by atomic mass is 9.94. The number of rotatable bonds is 4. The molecule has 3 fully saturated rings. The summed E-state index contributed by atoms with van der Waals surface area (Å²) in [5.74, 6) is 0.511. The minimum absolute atomic E-state index is 0.0602. The first-order valence-electron chi connectivity index (χ1n) is 8.93. The molecule has 1 N–H and O–H groups in total. The Labute approximate surface area is 129 Å². The maximum Gasteiger partial charge on any atom is 0.0829 e. The largest absolute Gasteiger partial charge is 0.393 e. The zero-order valence-electron chi connectivity index (χ0n) is 13.7. The standard InChI is InChI=1S/C17H32N2O2/c1-13(2)18-9-10-21-14(11-18)12-19-8-4-6-16(19)15-5-3-7-17(15)20/h13-17,20H,3-12H2,1-2H3. The number of aliphatic hydroxyl groups is 1. The number of morpholine rings is 1. The first-order chi connectivity index (χ1) is 10.1. The van der Waals surface area contributed by atoms with Crippen LogP contribution in [-0.4, -0.2) is 72.0 Å². The lowest BCUT2D eigenvalue weighted by Crippen LogP contribution is -2.51. The molecule has 1 saturated carbocycles. The molecule has 2 heterocycles. The first-order valence-corrected chi connectivity index (χ1v) is 8.93. The summed E-state index contributed by atoms with van der Waals surface area (Å²) in [7, 11) is 0. The summed E-state index contributed by atoms with van der Waals surface area (Å²) in [4.78, 5) is 5.15. The molecule has 0 aromatic rings. The van der Waals surface area contributed by atoms with E-state index in [1.54, 1.807) is 0 Å². The van der Waals surface area contributed by atoms with Crippen LogP contribution < -0.4 is 0 Å². The van der Waals surface area contributed by atoms with Gasteiger partial charge in [-0.15, -0.1) is 0 Å². The molecule has 3 rings (SSSR count). The molecule has 4 nitrogen and oxygen atoms in total. The van der Waals surface area contributed by atoms with Crippen molar-refractivity contribution < 1.29 is 9.84 Å². The van der Waals surface area contributed by atoms with E-state index in [0.717, 1.165) is 32.7 Å². The Morgan fingerprint density at radius 2 is 2.00 bits per heavy atom. The second-order valence-electron chi connectivity index (χ2n) is 7.45. The van der Waals surface area contributed by atoms with E-state index in [-0.39, 0.29) is 6.10 Å². The lowest BCUT2D eigenvalue weighted by molar-refractivity contribution is -0.0581. The van der Waals surface area contributed by atoms with Gasteiger partial charge in [-0.1, -0.05) is 6.42 Å². The van der Waals surface area contributed by atoms with Crippen molar-refractivity contribution in [2.75, 3.05) is 32.8 Å². The Morgan fingerprint density at radius 1 is 1.14 bits per heavy atom. The second kappa shape index (κ2) is 6.95. The lowest BCUT2D eigenvalue weighted by Gasteiger charge is -2.39. The topological polar surface area (TPSA) is 35.9 Å². The quantitative estimate of drug-likeness (QED) is 0.857. The molecule has 0 aromatic carbocycles. The second-order valence-corrected chi connectivity index (χ2v) is 7.45. The molecule has 0 bridgehead atoms. The average Bonchev–Trinajstić information content (AvgIpc) is 3.07. The fourth-order valence-electron chi connectivity index (χ4n) is 4.56. The maximum absolute atomic E-state index is 10.2. The smallest absolute Gasteiger partial charge is 0.0829 e. The number of likely N-dealkylation sites (tertiary alicyclic amines) is 1. The molecule has 1 aliphatic carbocycles. The zero-order valence-corrected chi connectivity index (χ0v) is 13.7. The van der Waals surface area contributed by atoms with E-state index in [2.05, 4.69) is 23.6 Å². The molecule has 0 aromatic heterocycles. The van der Waals surface area contributed by atoms with Gasteiger partial charge in [0.1, 0.15) is 0 Å². The maximum atomic E-state index is 10.2. The molecule has 0 radical (unpaired) electrons. The number of hydrogen-bond donors (Lipinski definition) is 1. The average molecular weight is 296 g/mol. The molecular formula is C17H32N2O2. The van der Waals surface area contributed by atoms with Crippen molar-refractivity contribution in [1.82, 2.24) is 9.80 Å². The van der Waals surface area contributed by atoms with Gasteiger partial charge in [0, 0.05) is 37.6 Å². The summed E-state index contributed by atoms with van der Waals surface area (Å²) in [6.07, 6.45) is 6.27. The van der Waals surface area contributed by atoms with Crippen LogP contribution >= 0.6 is 0 Å². The van der Waals surface area contributed by atoms with Gasteiger partial charge in [0.25, 0.3) is 0 Å². The van der Waals surface area contributed by atoms with E-state index < -0.39 is 0 Å². The molecule has 21 heavy (non-hydrogen) atoms. The third-order valence-corrected chi connectivity index (χ3v) is 5.78. The van der Waals surface area contributed by atoms with Gasteiger partial charge in [0.2, 0.25) is 0 Å². The van der Waals surface area contributed by atoms with E-state index >= 15 is 0 Å². The van der Waals surface area contributed by atoms with Crippen molar-refractivity contribution in [3.63, 3.8) is 0 Å². The van der Waals surface area contributed by atoms with Gasteiger partial charge >= 0.3 is 0 Å². The van der Waals surface area contributed by atoms with Crippen LogP contribution in [0.2, 0.25) is 0 Å². The fourth-order valence-corrected chi connectivity index (χ4v) is 4.56. The molecule has 0 spiro atoms. The van der Waals surface area contributed by atoms with E-state index in [9.17, 15) is 5.11 Å². The first kappa shape index (κ1) is 15.7. The Kier molecular flexibility index (Phi) is 5.20. The summed E-state index contributed by atoms with van der Waals surface area (Å²) in [5.41, 5.74) is 0. The summed E-state index contributed by atoms with van der Waals surface area (Å²) < 4.78 is 6.01. The van der Waals surface area contributed by atoms with Crippen molar-refractivity contribution in [3.05, 3.63) is 0 Å². The zero-order chi connectivity index (χ0) is 14.8. The van der Waals surface area contributed by atoms with Crippen LogP contribution in [0.1, 0.15) is 46.0 Å². The van der Waals surface area contributed by atoms with Gasteiger partial charge < -0.3 is 9.84 Å². The van der Waals surface area contributed by atoms with Crippen molar-refractivity contribution >= 4 is 0 Å². The number of nitrogens with zero attached hydrogens (tertiary/aromatic N) is 2. The molecule has 3 aliphatic rings. The molecule has 4 atom stereocenters. The van der Waals surface area contributed by atoms with Crippen molar-refractivity contribution in [1.29, 1.82) is 0 Å². The van der Waals surface area contributed by atoms with Crippen LogP contribution in [0.3, 0.4) is 0 Å². The number of aliphatic hydroxyl groups excluding tert-OH is 1.